The lowest BCUT2D eigenvalue weighted by molar-refractivity contribution is -0.167. The summed E-state index contributed by atoms with van der Waals surface area (Å²) in [7, 11) is 0. The minimum Gasteiger partial charge on any atom is -0.462 e. The summed E-state index contributed by atoms with van der Waals surface area (Å²) < 4.78 is 16.8. The summed E-state index contributed by atoms with van der Waals surface area (Å²) in [5.41, 5.74) is 0. The molecule has 0 N–H and O–H groups in total. The molecule has 0 aliphatic heterocycles. The van der Waals surface area contributed by atoms with Crippen LogP contribution in [0.5, 0.6) is 0 Å². The number of carbonyl (C=O) groups excluding carboxylic acids is 3. The normalized spacial score (nSPS) is 12.4. The van der Waals surface area contributed by atoms with Crippen LogP contribution in [-0.2, 0) is 28.6 Å². The summed E-state index contributed by atoms with van der Waals surface area (Å²) in [6.07, 6.45) is 60.9. The molecule has 6 nitrogen and oxygen atoms in total. The Bertz CT molecular complexity index is 1090. The van der Waals surface area contributed by atoms with Gasteiger partial charge in [-0.3, -0.25) is 14.4 Å². The highest BCUT2D eigenvalue weighted by molar-refractivity contribution is 5.71. The minimum atomic E-state index is -0.779. The van der Waals surface area contributed by atoms with E-state index in [1.807, 2.05) is 0 Å². The summed E-state index contributed by atoms with van der Waals surface area (Å²) in [4.78, 5) is 38.0. The topological polar surface area (TPSA) is 78.9 Å². The number of allylic oxidation sites excluding steroid dienone is 8. The van der Waals surface area contributed by atoms with Crippen LogP contribution in [0.25, 0.3) is 0 Å². The predicted octanol–water partition coefficient (Wildman–Crippen LogP) is 17.5. The van der Waals surface area contributed by atoms with E-state index >= 15 is 0 Å². The van der Waals surface area contributed by atoms with E-state index in [2.05, 4.69) is 69.4 Å². The summed E-state index contributed by atoms with van der Waals surface area (Å²) in [6, 6.07) is 0. The van der Waals surface area contributed by atoms with E-state index in [-0.39, 0.29) is 31.1 Å². The summed E-state index contributed by atoms with van der Waals surface area (Å²) in [5.74, 6) is -0.891. The lowest BCUT2D eigenvalue weighted by Gasteiger charge is -2.18. The third-order valence-corrected chi connectivity index (χ3v) is 11.6. The van der Waals surface area contributed by atoms with Gasteiger partial charge in [0, 0.05) is 19.3 Å². The minimum absolute atomic E-state index is 0.0780. The van der Waals surface area contributed by atoms with Crippen molar-refractivity contribution in [1.29, 1.82) is 0 Å². The average Bonchev–Trinajstić information content (AvgIpc) is 3.27. The number of unbranched alkanes of at least 4 members (excludes halogenated alkanes) is 29. The summed E-state index contributed by atoms with van der Waals surface area (Å²) in [6.45, 7) is 6.52. The molecule has 0 saturated heterocycles. The molecule has 360 valence electrons. The number of hydrogen-bond donors (Lipinski definition) is 0. The summed E-state index contributed by atoms with van der Waals surface area (Å²) >= 11 is 0. The first-order chi connectivity index (χ1) is 30.5. The van der Waals surface area contributed by atoms with Crippen molar-refractivity contribution >= 4 is 17.9 Å². The Morgan fingerprint density at radius 2 is 0.629 bits per heavy atom. The van der Waals surface area contributed by atoms with Crippen molar-refractivity contribution in [3.63, 3.8) is 0 Å². The molecule has 6 heteroatoms. The zero-order valence-electron chi connectivity index (χ0n) is 41.1. The molecule has 0 aliphatic rings. The van der Waals surface area contributed by atoms with Gasteiger partial charge in [-0.05, 0) is 77.0 Å². The average molecular weight is 869 g/mol. The largest absolute Gasteiger partial charge is 0.462 e. The van der Waals surface area contributed by atoms with Crippen molar-refractivity contribution in [1.82, 2.24) is 0 Å². The maximum Gasteiger partial charge on any atom is 0.306 e. The molecule has 0 spiro atoms. The zero-order valence-corrected chi connectivity index (χ0v) is 41.1. The Morgan fingerprint density at radius 3 is 1.00 bits per heavy atom. The second-order valence-corrected chi connectivity index (χ2v) is 17.8. The molecule has 0 unspecified atom stereocenters. The number of hydrogen-bond acceptors (Lipinski definition) is 6. The smallest absolute Gasteiger partial charge is 0.306 e. The van der Waals surface area contributed by atoms with Crippen molar-refractivity contribution in [2.75, 3.05) is 13.2 Å². The van der Waals surface area contributed by atoms with Gasteiger partial charge in [-0.2, -0.15) is 0 Å². The van der Waals surface area contributed by atoms with Crippen LogP contribution in [0.15, 0.2) is 48.6 Å². The Balaban J connectivity index is 4.38. The van der Waals surface area contributed by atoms with Crippen LogP contribution in [0.1, 0.15) is 271 Å². The number of ether oxygens (including phenoxy) is 3. The molecule has 0 bridgehead atoms. The highest BCUT2D eigenvalue weighted by Crippen LogP contribution is 2.15. The highest BCUT2D eigenvalue weighted by Gasteiger charge is 2.19. The molecular formula is C56H100O6. The molecule has 0 aromatic rings. The molecule has 62 heavy (non-hydrogen) atoms. The highest BCUT2D eigenvalue weighted by atomic mass is 16.6. The van der Waals surface area contributed by atoms with Crippen molar-refractivity contribution < 1.29 is 28.6 Å². The molecule has 0 radical (unpaired) electrons. The van der Waals surface area contributed by atoms with Crippen molar-refractivity contribution in [3.8, 4) is 0 Å². The van der Waals surface area contributed by atoms with E-state index in [1.165, 1.54) is 135 Å². The third kappa shape index (κ3) is 48.4. The first-order valence-corrected chi connectivity index (χ1v) is 26.6. The predicted molar refractivity (Wildman–Crippen MR) is 265 cm³/mol. The van der Waals surface area contributed by atoms with E-state index < -0.39 is 6.10 Å². The van der Waals surface area contributed by atoms with Gasteiger partial charge in [0.2, 0.25) is 0 Å². The van der Waals surface area contributed by atoms with E-state index in [0.29, 0.717) is 19.3 Å². The maximum atomic E-state index is 12.8. The molecule has 0 aliphatic carbocycles. The van der Waals surface area contributed by atoms with Gasteiger partial charge in [-0.1, -0.05) is 223 Å². The van der Waals surface area contributed by atoms with Crippen molar-refractivity contribution in [3.05, 3.63) is 48.6 Å². The zero-order chi connectivity index (χ0) is 45.1. The van der Waals surface area contributed by atoms with Crippen LogP contribution in [-0.4, -0.2) is 37.2 Å². The van der Waals surface area contributed by atoms with Gasteiger partial charge in [-0.15, -0.1) is 0 Å². The van der Waals surface area contributed by atoms with Gasteiger partial charge in [0.05, 0.1) is 0 Å². The second-order valence-electron chi connectivity index (χ2n) is 17.8. The lowest BCUT2D eigenvalue weighted by Crippen LogP contribution is -2.30. The van der Waals surface area contributed by atoms with E-state index in [0.717, 1.165) is 96.3 Å². The van der Waals surface area contributed by atoms with Gasteiger partial charge in [0.25, 0.3) is 0 Å². The van der Waals surface area contributed by atoms with E-state index in [9.17, 15) is 14.4 Å². The Kier molecular flexibility index (Phi) is 48.8. The molecule has 0 amide bonds. The van der Waals surface area contributed by atoms with Gasteiger partial charge in [0.1, 0.15) is 13.2 Å². The van der Waals surface area contributed by atoms with Gasteiger partial charge < -0.3 is 14.2 Å². The van der Waals surface area contributed by atoms with Crippen LogP contribution in [0.4, 0.5) is 0 Å². The molecule has 1 atom stereocenters. The first-order valence-electron chi connectivity index (χ1n) is 26.6. The third-order valence-electron chi connectivity index (χ3n) is 11.6. The molecule has 0 saturated carbocycles. The number of rotatable bonds is 48. The van der Waals surface area contributed by atoms with Gasteiger partial charge >= 0.3 is 17.9 Å². The Morgan fingerprint density at radius 1 is 0.339 bits per heavy atom. The second kappa shape index (κ2) is 51.0. The van der Waals surface area contributed by atoms with Crippen LogP contribution in [0, 0.1) is 0 Å². The maximum absolute atomic E-state index is 12.8. The van der Waals surface area contributed by atoms with Crippen LogP contribution < -0.4 is 0 Å². The van der Waals surface area contributed by atoms with Crippen LogP contribution in [0.2, 0.25) is 0 Å². The van der Waals surface area contributed by atoms with Crippen LogP contribution >= 0.6 is 0 Å². The van der Waals surface area contributed by atoms with Gasteiger partial charge in [0.15, 0.2) is 6.10 Å². The van der Waals surface area contributed by atoms with Crippen molar-refractivity contribution in [2.45, 2.75) is 277 Å². The summed E-state index contributed by atoms with van der Waals surface area (Å²) in [5, 5.41) is 0. The van der Waals surface area contributed by atoms with Crippen molar-refractivity contribution in [2.24, 2.45) is 0 Å². The Hall–Kier alpha value is -2.63. The fourth-order valence-corrected chi connectivity index (χ4v) is 7.57. The number of carbonyl (C=O) groups is 3. The van der Waals surface area contributed by atoms with E-state index in [1.54, 1.807) is 0 Å². The van der Waals surface area contributed by atoms with Crippen LogP contribution in [0.3, 0.4) is 0 Å². The monoisotopic (exact) mass is 869 g/mol. The Labute approximate surface area is 384 Å². The molecule has 0 aromatic carbocycles. The fraction of sp³-hybridized carbons (Fsp3) is 0.804. The number of esters is 3. The van der Waals surface area contributed by atoms with E-state index in [4.69, 9.17) is 14.2 Å². The SMILES string of the molecule is CC/C=C\C/C=C\C/C=C\CCCCCCCC(=O)OC[C@H](COC(=O)CCCCCCCCCCCCCC)OC(=O)CCCCCCCCC/C=C\CCCCCCCC. The molecular weight excluding hydrogens is 769 g/mol. The molecule has 0 heterocycles. The molecule has 0 aromatic heterocycles. The molecule has 0 fully saturated rings. The fourth-order valence-electron chi connectivity index (χ4n) is 7.57. The lowest BCUT2D eigenvalue weighted by atomic mass is 10.0. The quantitative estimate of drug-likeness (QED) is 0.0262. The van der Waals surface area contributed by atoms with Gasteiger partial charge in [-0.25, -0.2) is 0 Å². The first kappa shape index (κ1) is 59.4. The molecule has 0 rings (SSSR count). The standard InChI is InChI=1S/C56H100O6/c1-4-7-10-13-16-19-22-25-27-28-30-32-35-38-41-44-47-50-56(59)62-53(51-60-54(57)48-45-42-39-36-33-24-21-18-15-12-9-6-3)52-61-55(58)49-46-43-40-37-34-31-29-26-23-20-17-14-11-8-5-2/h8,11,17,20,25-27,29,53H,4-7,9-10,12-16,18-19,21-24,28,30-52H2,1-3H3/b11-8-,20-17-,27-25-,29-26-/t53-/m0/s1.